The smallest absolute Gasteiger partial charge is 0.287 e. The molecule has 82 valence electrons. The van der Waals surface area contributed by atoms with E-state index in [9.17, 15) is 4.79 Å². The Morgan fingerprint density at radius 1 is 1.19 bits per heavy atom. The predicted molar refractivity (Wildman–Crippen MR) is 64.2 cm³/mol. The molecule has 0 atom stereocenters. The maximum Gasteiger partial charge on any atom is 0.287 e. The number of H-pyrrole nitrogens is 1. The predicted octanol–water partition coefficient (Wildman–Crippen LogP) is 1.64. The number of nitrogens with one attached hydrogen (secondary N) is 1. The maximum absolute atomic E-state index is 11.1. The molecule has 0 fully saturated rings. The van der Waals surface area contributed by atoms with Crippen LogP contribution < -0.4 is 11.3 Å². The minimum atomic E-state index is -0.354. The van der Waals surface area contributed by atoms with Crippen LogP contribution in [0.5, 0.6) is 0 Å². The van der Waals surface area contributed by atoms with Crippen LogP contribution in [-0.2, 0) is 0 Å². The van der Waals surface area contributed by atoms with Crippen LogP contribution in [0.3, 0.4) is 0 Å². The maximum atomic E-state index is 11.1. The largest absolute Gasteiger partial charge is 0.394 e. The van der Waals surface area contributed by atoms with Gasteiger partial charge in [-0.25, -0.2) is 5.10 Å². The quantitative estimate of drug-likeness (QED) is 0.759. The number of hydrogen-bond acceptors (Lipinski definition) is 3. The van der Waals surface area contributed by atoms with Crippen molar-refractivity contribution in [3.8, 4) is 11.3 Å². The average Bonchev–Trinajstić information content (AvgIpc) is 2.26. The van der Waals surface area contributed by atoms with Gasteiger partial charge in [0, 0.05) is 5.56 Å². The summed E-state index contributed by atoms with van der Waals surface area (Å²) in [6.07, 6.45) is 0. The zero-order chi connectivity index (χ0) is 11.7. The van der Waals surface area contributed by atoms with Gasteiger partial charge in [0.15, 0.2) is 0 Å². The molecule has 3 N–H and O–H groups in total. The molecule has 1 aromatic heterocycles. The van der Waals surface area contributed by atoms with Crippen LogP contribution in [0.1, 0.15) is 11.1 Å². The molecule has 0 spiro atoms. The number of aromatic amines is 1. The van der Waals surface area contributed by atoms with E-state index in [4.69, 9.17) is 5.73 Å². The second-order valence-electron chi connectivity index (χ2n) is 3.84. The molecule has 1 heterocycles. The summed E-state index contributed by atoms with van der Waals surface area (Å²) in [4.78, 5) is 11.1. The van der Waals surface area contributed by atoms with Crippen LogP contribution in [0.2, 0.25) is 0 Å². The van der Waals surface area contributed by atoms with Gasteiger partial charge < -0.3 is 5.73 Å². The molecule has 0 radical (unpaired) electrons. The van der Waals surface area contributed by atoms with Crippen molar-refractivity contribution in [1.82, 2.24) is 10.2 Å². The topological polar surface area (TPSA) is 71.8 Å². The van der Waals surface area contributed by atoms with Crippen molar-refractivity contribution in [3.63, 3.8) is 0 Å². The number of benzene rings is 1. The van der Waals surface area contributed by atoms with Crippen LogP contribution in [0.25, 0.3) is 11.3 Å². The Morgan fingerprint density at radius 2 is 1.94 bits per heavy atom. The van der Waals surface area contributed by atoms with E-state index in [1.54, 1.807) is 6.07 Å². The molecular formula is C12H13N3O. The first-order valence-corrected chi connectivity index (χ1v) is 5.01. The fourth-order valence-corrected chi connectivity index (χ4v) is 1.47. The molecule has 2 aromatic rings. The lowest BCUT2D eigenvalue weighted by molar-refractivity contribution is 0.999. The number of nitrogens with zero attached hydrogens (tertiary/aromatic N) is 1. The second-order valence-corrected chi connectivity index (χ2v) is 3.84. The van der Waals surface area contributed by atoms with Gasteiger partial charge in [0.1, 0.15) is 5.69 Å². The third-order valence-electron chi connectivity index (χ3n) is 2.63. The number of anilines is 1. The molecule has 2 rings (SSSR count). The van der Waals surface area contributed by atoms with E-state index >= 15 is 0 Å². The van der Waals surface area contributed by atoms with Crippen LogP contribution in [0, 0.1) is 13.8 Å². The Labute approximate surface area is 93.1 Å². The van der Waals surface area contributed by atoms with E-state index in [1.807, 2.05) is 32.0 Å². The molecule has 0 aliphatic carbocycles. The van der Waals surface area contributed by atoms with Crippen molar-refractivity contribution in [2.24, 2.45) is 0 Å². The Morgan fingerprint density at radius 3 is 2.56 bits per heavy atom. The summed E-state index contributed by atoms with van der Waals surface area (Å²) in [6.45, 7) is 4.08. The van der Waals surface area contributed by atoms with Gasteiger partial charge in [-0.1, -0.05) is 12.1 Å². The molecule has 0 saturated heterocycles. The monoisotopic (exact) mass is 215 g/mol. The Balaban J connectivity index is 2.54. The molecule has 0 bridgehead atoms. The van der Waals surface area contributed by atoms with Gasteiger partial charge >= 0.3 is 0 Å². The number of aromatic nitrogens is 2. The average molecular weight is 215 g/mol. The van der Waals surface area contributed by atoms with E-state index in [2.05, 4.69) is 10.2 Å². The molecule has 0 amide bonds. The first-order chi connectivity index (χ1) is 7.58. The highest BCUT2D eigenvalue weighted by Gasteiger charge is 2.03. The van der Waals surface area contributed by atoms with Crippen molar-refractivity contribution in [2.45, 2.75) is 13.8 Å². The van der Waals surface area contributed by atoms with Gasteiger partial charge in [0.2, 0.25) is 0 Å². The van der Waals surface area contributed by atoms with Crippen LogP contribution >= 0.6 is 0 Å². The molecule has 4 nitrogen and oxygen atoms in total. The fraction of sp³-hybridized carbons (Fsp3) is 0.167. The van der Waals surface area contributed by atoms with Crippen molar-refractivity contribution in [2.75, 3.05) is 5.73 Å². The number of nitrogens with two attached hydrogens (primary N) is 1. The summed E-state index contributed by atoms with van der Waals surface area (Å²) in [5, 5.41) is 6.33. The van der Waals surface area contributed by atoms with Gasteiger partial charge in [0.25, 0.3) is 5.56 Å². The van der Waals surface area contributed by atoms with Crippen molar-refractivity contribution >= 4 is 5.69 Å². The van der Waals surface area contributed by atoms with E-state index < -0.39 is 0 Å². The Hall–Kier alpha value is -2.10. The van der Waals surface area contributed by atoms with E-state index in [0.29, 0.717) is 5.69 Å². The van der Waals surface area contributed by atoms with Crippen molar-refractivity contribution < 1.29 is 0 Å². The van der Waals surface area contributed by atoms with Gasteiger partial charge in [-0.2, -0.15) is 5.10 Å². The van der Waals surface area contributed by atoms with Gasteiger partial charge in [-0.15, -0.1) is 0 Å². The lowest BCUT2D eigenvalue weighted by atomic mass is 10.0. The lowest BCUT2D eigenvalue weighted by Crippen LogP contribution is -2.13. The summed E-state index contributed by atoms with van der Waals surface area (Å²) in [5.74, 6) is 0. The van der Waals surface area contributed by atoms with E-state index in [-0.39, 0.29) is 11.2 Å². The molecule has 1 aromatic carbocycles. The Bertz CT molecular complexity index is 587. The number of rotatable bonds is 1. The molecule has 0 saturated carbocycles. The summed E-state index contributed by atoms with van der Waals surface area (Å²) >= 11 is 0. The highest BCUT2D eigenvalue weighted by atomic mass is 16.1. The van der Waals surface area contributed by atoms with Crippen molar-refractivity contribution in [1.29, 1.82) is 0 Å². The van der Waals surface area contributed by atoms with Crippen molar-refractivity contribution in [3.05, 3.63) is 45.7 Å². The normalized spacial score (nSPS) is 10.4. The molecule has 16 heavy (non-hydrogen) atoms. The van der Waals surface area contributed by atoms with Crippen LogP contribution in [0.15, 0.2) is 29.1 Å². The first-order valence-electron chi connectivity index (χ1n) is 5.01. The molecular weight excluding hydrogens is 202 g/mol. The lowest BCUT2D eigenvalue weighted by Gasteiger charge is -2.04. The minimum Gasteiger partial charge on any atom is -0.394 e. The number of aryl methyl sites for hydroxylation is 2. The first kappa shape index (κ1) is 10.4. The second kappa shape index (κ2) is 3.81. The highest BCUT2D eigenvalue weighted by molar-refractivity contribution is 5.63. The van der Waals surface area contributed by atoms with Gasteiger partial charge in [-0.3, -0.25) is 4.79 Å². The minimum absolute atomic E-state index is 0.184. The third kappa shape index (κ3) is 1.82. The van der Waals surface area contributed by atoms with Gasteiger partial charge in [-0.05, 0) is 37.1 Å². The summed E-state index contributed by atoms with van der Waals surface area (Å²) < 4.78 is 0. The van der Waals surface area contributed by atoms with Crippen LogP contribution in [0.4, 0.5) is 5.69 Å². The number of hydrogen-bond donors (Lipinski definition) is 2. The summed E-state index contributed by atoms with van der Waals surface area (Å²) in [5.41, 5.74) is 9.41. The third-order valence-corrected chi connectivity index (χ3v) is 2.63. The van der Waals surface area contributed by atoms with Gasteiger partial charge in [0.05, 0.1) is 5.69 Å². The number of nitrogen functional groups attached to an aromatic ring is 1. The fourth-order valence-electron chi connectivity index (χ4n) is 1.47. The Kier molecular flexibility index (Phi) is 2.48. The zero-order valence-corrected chi connectivity index (χ0v) is 9.24. The molecule has 0 aliphatic heterocycles. The molecule has 0 unspecified atom stereocenters. The van der Waals surface area contributed by atoms with Crippen LogP contribution in [-0.4, -0.2) is 10.2 Å². The van der Waals surface area contributed by atoms with E-state index in [0.717, 1.165) is 5.56 Å². The SMILES string of the molecule is Cc1ccc(-c2cc(N)c(=O)[nH]n2)cc1C. The molecule has 4 heteroatoms. The summed E-state index contributed by atoms with van der Waals surface area (Å²) in [7, 11) is 0. The van der Waals surface area contributed by atoms with E-state index in [1.165, 1.54) is 11.1 Å². The summed E-state index contributed by atoms with van der Waals surface area (Å²) in [6, 6.07) is 7.59. The standard InChI is InChI=1S/C12H13N3O/c1-7-3-4-9(5-8(7)2)11-6-10(13)12(16)15-14-11/h3-6H,1-2H3,(H2,13,14)(H,15,16). The molecule has 0 aliphatic rings. The highest BCUT2D eigenvalue weighted by Crippen LogP contribution is 2.19. The zero-order valence-electron chi connectivity index (χ0n) is 9.24.